The van der Waals surface area contributed by atoms with E-state index in [0.717, 1.165) is 38.0 Å². The third-order valence-electron chi connectivity index (χ3n) is 8.16. The number of hydrogen-bond donors (Lipinski definition) is 1. The second kappa shape index (κ2) is 5.61. The van der Waals surface area contributed by atoms with Crippen molar-refractivity contribution in [2.24, 2.45) is 34.5 Å². The maximum atomic E-state index is 11.9. The van der Waals surface area contributed by atoms with Gasteiger partial charge in [-0.2, -0.15) is 0 Å². The molecule has 126 valence electrons. The van der Waals surface area contributed by atoms with Crippen LogP contribution in [-0.2, 0) is 4.79 Å². The molecule has 0 heterocycles. The third-order valence-corrected chi connectivity index (χ3v) is 8.16. The summed E-state index contributed by atoms with van der Waals surface area (Å²) in [6.07, 6.45) is 8.36. The molecule has 0 aliphatic heterocycles. The van der Waals surface area contributed by atoms with Gasteiger partial charge in [0.15, 0.2) is 0 Å². The van der Waals surface area contributed by atoms with E-state index in [4.69, 9.17) is 0 Å². The van der Waals surface area contributed by atoms with Crippen molar-refractivity contribution in [1.82, 2.24) is 0 Å². The van der Waals surface area contributed by atoms with Crippen LogP contribution in [0.4, 0.5) is 0 Å². The zero-order valence-corrected chi connectivity index (χ0v) is 14.9. The molecule has 22 heavy (non-hydrogen) atoms. The minimum absolute atomic E-state index is 0.104. The molecular weight excluding hydrogens is 272 g/mol. The summed E-state index contributed by atoms with van der Waals surface area (Å²) in [5.74, 6) is 3.20. The normalized spacial score (nSPS) is 52.6. The van der Waals surface area contributed by atoms with Crippen LogP contribution >= 0.6 is 0 Å². The van der Waals surface area contributed by atoms with Gasteiger partial charge in [0.2, 0.25) is 0 Å². The number of fused-ring (bicyclic) bond motifs is 1. The van der Waals surface area contributed by atoms with Gasteiger partial charge < -0.3 is 5.11 Å². The third kappa shape index (κ3) is 2.46. The van der Waals surface area contributed by atoms with Crippen LogP contribution in [0.25, 0.3) is 0 Å². The van der Waals surface area contributed by atoms with Gasteiger partial charge in [-0.15, -0.1) is 0 Å². The lowest BCUT2D eigenvalue weighted by Crippen LogP contribution is -2.47. The first-order valence-corrected chi connectivity index (χ1v) is 9.50. The Kier molecular flexibility index (Phi) is 4.21. The van der Waals surface area contributed by atoms with E-state index in [0.29, 0.717) is 29.0 Å². The summed E-state index contributed by atoms with van der Waals surface area (Å²) in [6, 6.07) is 0. The predicted octanol–water partition coefficient (Wildman–Crippen LogP) is 4.60. The highest BCUT2D eigenvalue weighted by Gasteiger charge is 2.54. The van der Waals surface area contributed by atoms with Gasteiger partial charge in [-0.1, -0.05) is 27.7 Å². The van der Waals surface area contributed by atoms with Crippen molar-refractivity contribution in [2.75, 3.05) is 0 Å². The first kappa shape index (κ1) is 16.5. The second-order valence-corrected chi connectivity index (χ2v) is 9.23. The Hall–Kier alpha value is -0.370. The Labute approximate surface area is 136 Å². The highest BCUT2D eigenvalue weighted by Crippen LogP contribution is 2.60. The maximum absolute atomic E-state index is 11.9. The van der Waals surface area contributed by atoms with E-state index in [1.165, 1.54) is 19.3 Å². The fourth-order valence-electron chi connectivity index (χ4n) is 6.24. The molecule has 2 heteroatoms. The molecule has 0 radical (unpaired) electrons. The Morgan fingerprint density at radius 3 is 2.68 bits per heavy atom. The molecule has 0 aromatic carbocycles. The number of aliphatic hydroxyl groups is 1. The Morgan fingerprint density at radius 1 is 1.27 bits per heavy atom. The summed E-state index contributed by atoms with van der Waals surface area (Å²) < 4.78 is 0. The zero-order valence-electron chi connectivity index (χ0n) is 14.9. The Morgan fingerprint density at radius 2 is 2.00 bits per heavy atom. The number of hydrogen-bond acceptors (Lipinski definition) is 2. The average Bonchev–Trinajstić information content (AvgIpc) is 2.77. The van der Waals surface area contributed by atoms with Crippen molar-refractivity contribution < 1.29 is 9.90 Å². The highest BCUT2D eigenvalue weighted by molar-refractivity contribution is 5.79. The van der Waals surface area contributed by atoms with E-state index in [1.54, 1.807) is 0 Å². The summed E-state index contributed by atoms with van der Waals surface area (Å²) in [5, 5.41) is 10.5. The SMILES string of the molecule is CC[C@@]1(C)C([C@H]2C[C@@]3(C)CCC(=O)CC3C[C@H]2C)CC[C@@H]1O. The fraction of sp³-hybridized carbons (Fsp3) is 0.950. The van der Waals surface area contributed by atoms with Crippen LogP contribution in [0.5, 0.6) is 0 Å². The molecule has 7 atom stereocenters. The Balaban J connectivity index is 1.82. The van der Waals surface area contributed by atoms with Crippen LogP contribution in [-0.4, -0.2) is 17.0 Å². The molecule has 0 spiro atoms. The van der Waals surface area contributed by atoms with Crippen LogP contribution in [0.2, 0.25) is 0 Å². The minimum atomic E-state index is -0.117. The lowest BCUT2D eigenvalue weighted by atomic mass is 9.51. The van der Waals surface area contributed by atoms with E-state index in [9.17, 15) is 9.90 Å². The summed E-state index contributed by atoms with van der Waals surface area (Å²) in [4.78, 5) is 11.9. The van der Waals surface area contributed by atoms with Gasteiger partial charge in [0.1, 0.15) is 5.78 Å². The predicted molar refractivity (Wildman–Crippen MR) is 89.5 cm³/mol. The van der Waals surface area contributed by atoms with E-state index >= 15 is 0 Å². The van der Waals surface area contributed by atoms with Crippen molar-refractivity contribution in [1.29, 1.82) is 0 Å². The largest absolute Gasteiger partial charge is 0.393 e. The molecule has 3 aliphatic carbocycles. The molecule has 3 saturated carbocycles. The molecule has 0 aromatic rings. The molecule has 3 fully saturated rings. The van der Waals surface area contributed by atoms with Crippen LogP contribution in [0.1, 0.15) is 79.1 Å². The molecule has 0 saturated heterocycles. The fourth-order valence-corrected chi connectivity index (χ4v) is 6.24. The van der Waals surface area contributed by atoms with Crippen LogP contribution < -0.4 is 0 Å². The highest BCUT2D eigenvalue weighted by atomic mass is 16.3. The molecule has 3 aliphatic rings. The lowest BCUT2D eigenvalue weighted by Gasteiger charge is -2.53. The van der Waals surface area contributed by atoms with Crippen molar-refractivity contribution in [3.8, 4) is 0 Å². The van der Waals surface area contributed by atoms with E-state index in [2.05, 4.69) is 27.7 Å². The number of carbonyl (C=O) groups excluding carboxylic acids is 1. The molecule has 3 rings (SSSR count). The summed E-state index contributed by atoms with van der Waals surface area (Å²) >= 11 is 0. The first-order chi connectivity index (χ1) is 10.3. The molecule has 0 amide bonds. The molecule has 2 nitrogen and oxygen atoms in total. The molecule has 0 bridgehead atoms. The number of ketones is 1. The standard InChI is InChI=1S/C20H34O2/c1-5-20(4)17(6-7-18(20)22)16-12-19(3)9-8-15(21)11-14(19)10-13(16)2/h13-14,16-18,22H,5-12H2,1-4H3/t13-,14?,16+,17?,18+,19-,20+/m1/s1. The van der Waals surface area contributed by atoms with Gasteiger partial charge in [0.05, 0.1) is 6.10 Å². The van der Waals surface area contributed by atoms with Crippen molar-refractivity contribution in [2.45, 2.75) is 85.2 Å². The van der Waals surface area contributed by atoms with E-state index in [-0.39, 0.29) is 11.5 Å². The van der Waals surface area contributed by atoms with Crippen LogP contribution in [0, 0.1) is 34.5 Å². The summed E-state index contributed by atoms with van der Waals surface area (Å²) in [7, 11) is 0. The quantitative estimate of drug-likeness (QED) is 0.810. The lowest BCUT2D eigenvalue weighted by molar-refractivity contribution is -0.129. The number of rotatable bonds is 2. The molecular formula is C20H34O2. The van der Waals surface area contributed by atoms with Crippen LogP contribution in [0.15, 0.2) is 0 Å². The average molecular weight is 306 g/mol. The smallest absolute Gasteiger partial charge is 0.133 e. The van der Waals surface area contributed by atoms with Gasteiger partial charge in [-0.25, -0.2) is 0 Å². The molecule has 1 N–H and O–H groups in total. The van der Waals surface area contributed by atoms with Gasteiger partial charge in [0, 0.05) is 12.8 Å². The maximum Gasteiger partial charge on any atom is 0.133 e. The minimum Gasteiger partial charge on any atom is -0.393 e. The van der Waals surface area contributed by atoms with Gasteiger partial charge >= 0.3 is 0 Å². The van der Waals surface area contributed by atoms with Crippen molar-refractivity contribution >= 4 is 5.78 Å². The van der Waals surface area contributed by atoms with E-state index in [1.807, 2.05) is 0 Å². The second-order valence-electron chi connectivity index (χ2n) is 9.23. The first-order valence-electron chi connectivity index (χ1n) is 9.50. The molecule has 0 aromatic heterocycles. The number of Topliss-reactive ketones (excluding diaryl/α,β-unsaturated/α-hetero) is 1. The van der Waals surface area contributed by atoms with E-state index < -0.39 is 0 Å². The topological polar surface area (TPSA) is 37.3 Å². The van der Waals surface area contributed by atoms with Gasteiger partial charge in [-0.05, 0) is 73.0 Å². The Bertz CT molecular complexity index is 445. The van der Waals surface area contributed by atoms with Gasteiger partial charge in [-0.3, -0.25) is 4.79 Å². The summed E-state index contributed by atoms with van der Waals surface area (Å²) in [6.45, 7) is 9.42. The van der Waals surface area contributed by atoms with Crippen LogP contribution in [0.3, 0.4) is 0 Å². The number of aliphatic hydroxyl groups excluding tert-OH is 1. The number of carbonyl (C=O) groups is 1. The van der Waals surface area contributed by atoms with Crippen molar-refractivity contribution in [3.63, 3.8) is 0 Å². The summed E-state index contributed by atoms with van der Waals surface area (Å²) in [5.41, 5.74) is 0.472. The van der Waals surface area contributed by atoms with Gasteiger partial charge in [0.25, 0.3) is 0 Å². The zero-order chi connectivity index (χ0) is 16.1. The molecule has 2 unspecified atom stereocenters. The van der Waals surface area contributed by atoms with Crippen molar-refractivity contribution in [3.05, 3.63) is 0 Å². The monoisotopic (exact) mass is 306 g/mol.